The maximum absolute atomic E-state index is 13.8. The molecule has 0 radical (unpaired) electrons. The van der Waals surface area contributed by atoms with Crippen LogP contribution in [0.15, 0.2) is 54.6 Å². The van der Waals surface area contributed by atoms with Crippen LogP contribution in [0.5, 0.6) is 0 Å². The molecular weight excluding hydrogens is 309 g/mol. The monoisotopic (exact) mass is 329 g/mol. The number of halogens is 1. The SMILES string of the molecule is C[C@H](NC(=O)C[C@@H](NC(N)=O)c1ccccc1)c1ccccc1F. The summed E-state index contributed by atoms with van der Waals surface area (Å²) in [6.45, 7) is 1.70. The number of hydrogen-bond acceptors (Lipinski definition) is 2. The van der Waals surface area contributed by atoms with E-state index in [4.69, 9.17) is 5.73 Å². The second-order valence-corrected chi connectivity index (χ2v) is 5.49. The predicted molar refractivity (Wildman–Crippen MR) is 89.5 cm³/mol. The Labute approximate surface area is 140 Å². The van der Waals surface area contributed by atoms with Crippen LogP contribution in [0.4, 0.5) is 9.18 Å². The molecule has 0 aliphatic heterocycles. The molecule has 0 saturated heterocycles. The standard InChI is InChI=1S/C18H20FN3O2/c1-12(14-9-5-6-10-15(14)19)21-17(23)11-16(22-18(20)24)13-7-3-2-4-8-13/h2-10,12,16H,11H2,1H3,(H,21,23)(H3,20,22,24)/t12-,16+/m0/s1. The molecule has 0 aromatic heterocycles. The molecular formula is C18H20FN3O2. The molecule has 0 heterocycles. The number of urea groups is 1. The molecule has 0 aliphatic rings. The molecule has 0 bridgehead atoms. The van der Waals surface area contributed by atoms with Gasteiger partial charge in [0.1, 0.15) is 5.82 Å². The Morgan fingerprint density at radius 1 is 1.04 bits per heavy atom. The fourth-order valence-electron chi connectivity index (χ4n) is 2.50. The molecule has 0 saturated carbocycles. The van der Waals surface area contributed by atoms with Gasteiger partial charge in [0.25, 0.3) is 0 Å². The summed E-state index contributed by atoms with van der Waals surface area (Å²) in [6, 6.07) is 13.6. The van der Waals surface area contributed by atoms with E-state index in [1.165, 1.54) is 6.07 Å². The van der Waals surface area contributed by atoms with E-state index in [0.717, 1.165) is 5.56 Å². The maximum Gasteiger partial charge on any atom is 0.312 e. The van der Waals surface area contributed by atoms with Crippen LogP contribution in [0, 0.1) is 5.82 Å². The van der Waals surface area contributed by atoms with Gasteiger partial charge in [-0.3, -0.25) is 4.79 Å². The molecule has 2 aromatic carbocycles. The Bertz CT molecular complexity index is 706. The Morgan fingerprint density at radius 2 is 1.67 bits per heavy atom. The molecule has 6 heteroatoms. The van der Waals surface area contributed by atoms with Crippen LogP contribution in [0.3, 0.4) is 0 Å². The van der Waals surface area contributed by atoms with Gasteiger partial charge in [-0.05, 0) is 18.6 Å². The van der Waals surface area contributed by atoms with Gasteiger partial charge in [0.05, 0.1) is 18.5 Å². The summed E-state index contributed by atoms with van der Waals surface area (Å²) in [7, 11) is 0. The van der Waals surface area contributed by atoms with Crippen LogP contribution >= 0.6 is 0 Å². The summed E-state index contributed by atoms with van der Waals surface area (Å²) in [5.74, 6) is -0.687. The van der Waals surface area contributed by atoms with Crippen LogP contribution in [-0.2, 0) is 4.79 Å². The zero-order valence-corrected chi connectivity index (χ0v) is 13.3. The van der Waals surface area contributed by atoms with Crippen molar-refractivity contribution in [2.75, 3.05) is 0 Å². The summed E-state index contributed by atoms with van der Waals surface area (Å²) in [5, 5.41) is 5.29. The lowest BCUT2D eigenvalue weighted by Gasteiger charge is -2.20. The summed E-state index contributed by atoms with van der Waals surface area (Å²) in [4.78, 5) is 23.5. The van der Waals surface area contributed by atoms with Crippen molar-refractivity contribution in [1.29, 1.82) is 0 Å². The van der Waals surface area contributed by atoms with E-state index >= 15 is 0 Å². The van der Waals surface area contributed by atoms with Gasteiger partial charge in [0.15, 0.2) is 0 Å². The van der Waals surface area contributed by atoms with Gasteiger partial charge < -0.3 is 16.4 Å². The molecule has 4 N–H and O–H groups in total. The van der Waals surface area contributed by atoms with Crippen LogP contribution in [0.25, 0.3) is 0 Å². The van der Waals surface area contributed by atoms with Crippen molar-refractivity contribution in [2.45, 2.75) is 25.4 Å². The molecule has 0 unspecified atom stereocenters. The Kier molecular flexibility index (Phi) is 5.89. The van der Waals surface area contributed by atoms with Crippen LogP contribution in [-0.4, -0.2) is 11.9 Å². The number of hydrogen-bond donors (Lipinski definition) is 3. The molecule has 0 aliphatic carbocycles. The first-order valence-corrected chi connectivity index (χ1v) is 7.62. The summed E-state index contributed by atoms with van der Waals surface area (Å²) in [6.07, 6.45) is 0.00570. The van der Waals surface area contributed by atoms with Crippen molar-refractivity contribution >= 4 is 11.9 Å². The highest BCUT2D eigenvalue weighted by molar-refractivity contribution is 5.79. The van der Waals surface area contributed by atoms with Crippen molar-refractivity contribution in [2.24, 2.45) is 5.73 Å². The zero-order valence-electron chi connectivity index (χ0n) is 13.3. The smallest absolute Gasteiger partial charge is 0.312 e. The third-order valence-electron chi connectivity index (χ3n) is 3.66. The molecule has 0 spiro atoms. The van der Waals surface area contributed by atoms with Gasteiger partial charge in [-0.2, -0.15) is 0 Å². The number of nitrogens with one attached hydrogen (secondary N) is 2. The van der Waals surface area contributed by atoms with Crippen LogP contribution < -0.4 is 16.4 Å². The lowest BCUT2D eigenvalue weighted by atomic mass is 10.0. The van der Waals surface area contributed by atoms with Gasteiger partial charge in [0.2, 0.25) is 5.91 Å². The van der Waals surface area contributed by atoms with E-state index in [-0.39, 0.29) is 18.1 Å². The van der Waals surface area contributed by atoms with Gasteiger partial charge in [-0.15, -0.1) is 0 Å². The normalized spacial score (nSPS) is 12.9. The highest BCUT2D eigenvalue weighted by Crippen LogP contribution is 2.19. The molecule has 2 atom stereocenters. The Hall–Kier alpha value is -2.89. The van der Waals surface area contributed by atoms with Gasteiger partial charge in [0, 0.05) is 5.56 Å². The highest BCUT2D eigenvalue weighted by atomic mass is 19.1. The van der Waals surface area contributed by atoms with Crippen molar-refractivity contribution in [3.05, 3.63) is 71.5 Å². The van der Waals surface area contributed by atoms with E-state index in [1.54, 1.807) is 37.3 Å². The minimum absolute atomic E-state index is 0.00570. The van der Waals surface area contributed by atoms with Crippen molar-refractivity contribution in [3.63, 3.8) is 0 Å². The summed E-state index contributed by atoms with van der Waals surface area (Å²) in [5.41, 5.74) is 6.36. The molecule has 126 valence electrons. The van der Waals surface area contributed by atoms with Crippen molar-refractivity contribution in [3.8, 4) is 0 Å². The van der Waals surface area contributed by atoms with E-state index < -0.39 is 18.1 Å². The lowest BCUT2D eigenvalue weighted by Crippen LogP contribution is -2.37. The second-order valence-electron chi connectivity index (χ2n) is 5.49. The number of benzene rings is 2. The minimum atomic E-state index is -0.709. The molecule has 2 aromatic rings. The lowest BCUT2D eigenvalue weighted by molar-refractivity contribution is -0.122. The Balaban J connectivity index is 2.05. The molecule has 24 heavy (non-hydrogen) atoms. The maximum atomic E-state index is 13.8. The third kappa shape index (κ3) is 4.81. The van der Waals surface area contributed by atoms with Crippen LogP contribution in [0.1, 0.15) is 36.6 Å². The predicted octanol–water partition coefficient (Wildman–Crippen LogP) is 2.80. The van der Waals surface area contributed by atoms with E-state index in [0.29, 0.717) is 5.56 Å². The van der Waals surface area contributed by atoms with Gasteiger partial charge in [-0.1, -0.05) is 48.5 Å². The fraction of sp³-hybridized carbons (Fsp3) is 0.222. The second kappa shape index (κ2) is 8.10. The number of carbonyl (C=O) groups is 2. The number of primary amides is 1. The van der Waals surface area contributed by atoms with E-state index in [2.05, 4.69) is 10.6 Å². The van der Waals surface area contributed by atoms with E-state index in [9.17, 15) is 14.0 Å². The molecule has 0 fully saturated rings. The number of nitrogens with two attached hydrogens (primary N) is 1. The minimum Gasteiger partial charge on any atom is -0.352 e. The third-order valence-corrected chi connectivity index (χ3v) is 3.66. The number of rotatable bonds is 6. The summed E-state index contributed by atoms with van der Waals surface area (Å²) >= 11 is 0. The molecule has 2 rings (SSSR count). The average molecular weight is 329 g/mol. The van der Waals surface area contributed by atoms with Gasteiger partial charge in [-0.25, -0.2) is 9.18 Å². The van der Waals surface area contributed by atoms with Gasteiger partial charge >= 0.3 is 6.03 Å². The first-order valence-electron chi connectivity index (χ1n) is 7.62. The number of amides is 3. The van der Waals surface area contributed by atoms with Crippen LogP contribution in [0.2, 0.25) is 0 Å². The molecule has 3 amide bonds. The highest BCUT2D eigenvalue weighted by Gasteiger charge is 2.19. The van der Waals surface area contributed by atoms with Crippen molar-refractivity contribution in [1.82, 2.24) is 10.6 Å². The Morgan fingerprint density at radius 3 is 2.29 bits per heavy atom. The largest absolute Gasteiger partial charge is 0.352 e. The topological polar surface area (TPSA) is 84.2 Å². The average Bonchev–Trinajstić information content (AvgIpc) is 2.55. The molecule has 5 nitrogen and oxygen atoms in total. The van der Waals surface area contributed by atoms with E-state index in [1.807, 2.05) is 18.2 Å². The van der Waals surface area contributed by atoms with Crippen molar-refractivity contribution < 1.29 is 14.0 Å². The zero-order chi connectivity index (χ0) is 17.5. The number of carbonyl (C=O) groups excluding carboxylic acids is 2. The quantitative estimate of drug-likeness (QED) is 0.761. The first-order chi connectivity index (χ1) is 11.5. The fourth-order valence-corrected chi connectivity index (χ4v) is 2.50. The first kappa shape index (κ1) is 17.5. The summed E-state index contributed by atoms with van der Waals surface area (Å²) < 4.78 is 13.8.